The van der Waals surface area contributed by atoms with Crippen LogP contribution in [0.2, 0.25) is 0 Å². The van der Waals surface area contributed by atoms with Crippen molar-refractivity contribution in [1.29, 1.82) is 0 Å². The zero-order chi connectivity index (χ0) is 27.4. The van der Waals surface area contributed by atoms with Gasteiger partial charge in [0.15, 0.2) is 15.9 Å². The van der Waals surface area contributed by atoms with Crippen LogP contribution in [-0.2, 0) is 37.1 Å². The molecule has 3 N–H and O–H groups in total. The Bertz CT molecular complexity index is 1240. The van der Waals surface area contributed by atoms with E-state index in [1.54, 1.807) is 25.3 Å². The lowest BCUT2D eigenvalue weighted by atomic mass is 10.0. The van der Waals surface area contributed by atoms with Crippen LogP contribution in [0.5, 0.6) is 5.75 Å². The molecular weight excluding hydrogens is 504 g/mol. The second-order valence-corrected chi connectivity index (χ2v) is 11.1. The molecule has 9 heteroatoms. The molecule has 0 bridgehead atoms. The molecule has 0 saturated heterocycles. The van der Waals surface area contributed by atoms with E-state index in [0.29, 0.717) is 19.5 Å². The van der Waals surface area contributed by atoms with Crippen molar-refractivity contribution in [3.05, 3.63) is 96.1 Å². The third kappa shape index (κ3) is 8.95. The molecule has 8 nitrogen and oxygen atoms in total. The molecule has 1 unspecified atom stereocenters. The predicted molar refractivity (Wildman–Crippen MR) is 147 cm³/mol. The Kier molecular flexibility index (Phi) is 11.3. The van der Waals surface area contributed by atoms with Crippen LogP contribution >= 0.6 is 0 Å². The van der Waals surface area contributed by atoms with Gasteiger partial charge in [-0.15, -0.1) is 0 Å². The van der Waals surface area contributed by atoms with Gasteiger partial charge in [0.25, 0.3) is 0 Å². The van der Waals surface area contributed by atoms with Crippen molar-refractivity contribution in [3.8, 4) is 5.75 Å². The molecule has 3 aromatic carbocycles. The molecule has 204 valence electrons. The number of benzene rings is 3. The van der Waals surface area contributed by atoms with Crippen molar-refractivity contribution in [2.75, 3.05) is 26.5 Å². The first-order chi connectivity index (χ1) is 18.3. The van der Waals surface area contributed by atoms with Crippen molar-refractivity contribution in [1.82, 2.24) is 5.32 Å². The molecule has 0 aliphatic carbocycles. The normalized spacial score (nSPS) is 13.9. The maximum absolute atomic E-state index is 13.1. The quantitative estimate of drug-likeness (QED) is 0.283. The van der Waals surface area contributed by atoms with E-state index < -0.39 is 34.1 Å². The Morgan fingerprint density at radius 2 is 1.58 bits per heavy atom. The number of methoxy groups -OCH3 is 2. The second-order valence-electron chi connectivity index (χ2n) is 8.96. The van der Waals surface area contributed by atoms with E-state index in [0.717, 1.165) is 16.9 Å². The van der Waals surface area contributed by atoms with Gasteiger partial charge in [-0.1, -0.05) is 60.7 Å². The Balaban J connectivity index is 1.65. The molecule has 0 aromatic heterocycles. The number of hydrogen-bond acceptors (Lipinski definition) is 8. The number of esters is 1. The topological polar surface area (TPSA) is 117 Å². The van der Waals surface area contributed by atoms with Crippen LogP contribution in [0.15, 0.2) is 89.8 Å². The monoisotopic (exact) mass is 540 g/mol. The first-order valence-corrected chi connectivity index (χ1v) is 14.1. The van der Waals surface area contributed by atoms with Crippen molar-refractivity contribution >= 4 is 15.8 Å². The molecular formula is C29H36N2O6S. The number of carbonyl (C=O) groups is 1. The Morgan fingerprint density at radius 3 is 2.24 bits per heavy atom. The zero-order valence-corrected chi connectivity index (χ0v) is 22.6. The molecule has 3 rings (SSSR count). The highest BCUT2D eigenvalue weighted by Crippen LogP contribution is 2.16. The summed E-state index contributed by atoms with van der Waals surface area (Å²) in [6.07, 6.45) is -1.25. The van der Waals surface area contributed by atoms with Gasteiger partial charge in [-0.2, -0.15) is 0 Å². The largest absolute Gasteiger partial charge is 0.497 e. The molecule has 38 heavy (non-hydrogen) atoms. The average molecular weight is 541 g/mol. The van der Waals surface area contributed by atoms with Gasteiger partial charge >= 0.3 is 5.97 Å². The molecule has 0 aliphatic rings. The third-order valence-corrected chi connectivity index (χ3v) is 7.93. The zero-order valence-electron chi connectivity index (χ0n) is 21.8. The number of ether oxygens (including phenoxy) is 3. The molecule has 0 spiro atoms. The summed E-state index contributed by atoms with van der Waals surface area (Å²) in [4.78, 5) is 13.3. The minimum Gasteiger partial charge on any atom is -0.497 e. The van der Waals surface area contributed by atoms with Gasteiger partial charge in [-0.05, 0) is 48.2 Å². The fourth-order valence-corrected chi connectivity index (χ4v) is 5.34. The molecule has 0 aliphatic heterocycles. The summed E-state index contributed by atoms with van der Waals surface area (Å²) < 4.78 is 41.8. The average Bonchev–Trinajstić information content (AvgIpc) is 2.94. The third-order valence-electron chi connectivity index (χ3n) is 6.17. The Hall–Kier alpha value is -3.24. The van der Waals surface area contributed by atoms with Gasteiger partial charge in [0, 0.05) is 26.2 Å². The summed E-state index contributed by atoms with van der Waals surface area (Å²) in [6, 6.07) is 25.0. The number of carbonyl (C=O) groups excluding carboxylic acids is 1. The van der Waals surface area contributed by atoms with Gasteiger partial charge in [0.1, 0.15) is 11.9 Å². The summed E-state index contributed by atoms with van der Waals surface area (Å²) in [5.41, 5.74) is 8.54. The van der Waals surface area contributed by atoms with Crippen LogP contribution in [0.3, 0.4) is 0 Å². The van der Waals surface area contributed by atoms with E-state index in [4.69, 9.17) is 19.9 Å². The van der Waals surface area contributed by atoms with E-state index in [2.05, 4.69) is 5.32 Å². The summed E-state index contributed by atoms with van der Waals surface area (Å²) >= 11 is 0. The number of nitrogens with one attached hydrogen (secondary N) is 1. The molecule has 0 saturated carbocycles. The molecule has 0 radical (unpaired) electrons. The molecule has 0 fully saturated rings. The fraction of sp³-hybridized carbons (Fsp3) is 0.345. The number of hydrogen-bond donors (Lipinski definition) is 2. The highest BCUT2D eigenvalue weighted by atomic mass is 32.2. The fourth-order valence-electron chi connectivity index (χ4n) is 4.00. The van der Waals surface area contributed by atoms with Crippen molar-refractivity contribution in [2.45, 2.75) is 42.5 Å². The summed E-state index contributed by atoms with van der Waals surface area (Å²) in [7, 11) is -0.595. The van der Waals surface area contributed by atoms with Gasteiger partial charge in [-0.3, -0.25) is 0 Å². The van der Waals surface area contributed by atoms with Gasteiger partial charge in [0.2, 0.25) is 0 Å². The maximum atomic E-state index is 13.1. The smallest absolute Gasteiger partial charge is 0.335 e. The van der Waals surface area contributed by atoms with Crippen molar-refractivity contribution < 1.29 is 27.4 Å². The lowest BCUT2D eigenvalue weighted by Gasteiger charge is -2.26. The minimum atomic E-state index is -3.57. The lowest BCUT2D eigenvalue weighted by molar-refractivity contribution is -0.162. The van der Waals surface area contributed by atoms with Crippen molar-refractivity contribution in [3.63, 3.8) is 0 Å². The van der Waals surface area contributed by atoms with E-state index >= 15 is 0 Å². The lowest BCUT2D eigenvalue weighted by Crippen LogP contribution is -2.47. The van der Waals surface area contributed by atoms with Crippen molar-refractivity contribution in [2.24, 2.45) is 5.73 Å². The number of sulfone groups is 1. The molecule has 0 heterocycles. The highest BCUT2D eigenvalue weighted by molar-refractivity contribution is 7.91. The second kappa shape index (κ2) is 14.6. The molecule has 3 atom stereocenters. The number of nitrogens with two attached hydrogens (primary N) is 1. The standard InChI is InChI=1S/C29H36N2O6S/c1-35-24-13-9-12-23(18-24)20-31-21-28(26(30)19-22-10-5-3-6-11-22)37-29(32)27(36-2)16-17-38(33,34)25-14-7-4-8-15-25/h3-15,18,26-28,31H,16-17,19-21,30H2,1-2H3/t26-,27?,28+/m0/s1. The van der Waals surface area contributed by atoms with Crippen LogP contribution in [0, 0.1) is 0 Å². The maximum Gasteiger partial charge on any atom is 0.335 e. The summed E-state index contributed by atoms with van der Waals surface area (Å²) in [5, 5.41) is 3.31. The Labute approximate surface area is 225 Å². The van der Waals surface area contributed by atoms with Gasteiger partial charge in [-0.25, -0.2) is 13.2 Å². The van der Waals surface area contributed by atoms with Crippen LogP contribution in [-0.4, -0.2) is 59.2 Å². The van der Waals surface area contributed by atoms with Crippen LogP contribution in [0.1, 0.15) is 17.5 Å². The first-order valence-electron chi connectivity index (χ1n) is 12.5. The van der Waals surface area contributed by atoms with Gasteiger partial charge in [0.05, 0.1) is 17.8 Å². The van der Waals surface area contributed by atoms with E-state index in [1.807, 2.05) is 54.6 Å². The van der Waals surface area contributed by atoms with Crippen LogP contribution < -0.4 is 15.8 Å². The molecule has 0 amide bonds. The first kappa shape index (κ1) is 29.3. The van der Waals surface area contributed by atoms with Crippen LogP contribution in [0.25, 0.3) is 0 Å². The molecule has 3 aromatic rings. The summed E-state index contributed by atoms with van der Waals surface area (Å²) in [5.74, 6) is -0.145. The van der Waals surface area contributed by atoms with Gasteiger partial charge < -0.3 is 25.3 Å². The minimum absolute atomic E-state index is 0.0373. The van der Waals surface area contributed by atoms with E-state index in [-0.39, 0.29) is 17.1 Å². The number of rotatable bonds is 15. The SMILES string of the molecule is COc1cccc(CNC[C@@H](OC(=O)C(CCS(=O)(=O)c2ccccc2)OC)[C@@H](N)Cc2ccccc2)c1. The predicted octanol–water partition coefficient (Wildman–Crippen LogP) is 3.15. The summed E-state index contributed by atoms with van der Waals surface area (Å²) in [6.45, 7) is 0.821. The van der Waals surface area contributed by atoms with E-state index in [9.17, 15) is 13.2 Å². The Morgan fingerprint density at radius 1 is 0.921 bits per heavy atom. The van der Waals surface area contributed by atoms with Crippen LogP contribution in [0.4, 0.5) is 0 Å². The van der Waals surface area contributed by atoms with E-state index in [1.165, 1.54) is 19.2 Å². The highest BCUT2D eigenvalue weighted by Gasteiger charge is 2.29.